The van der Waals surface area contributed by atoms with Crippen LogP contribution in [0.2, 0.25) is 10.0 Å². The highest BCUT2D eigenvalue weighted by Crippen LogP contribution is 2.17. The van der Waals surface area contributed by atoms with Gasteiger partial charge >= 0.3 is 0 Å². The number of nitrogens with one attached hydrogen (secondary N) is 1. The largest absolute Gasteiger partial charge is 0.308 e. The average molecular weight is 364 g/mol. The van der Waals surface area contributed by atoms with Crippen LogP contribution in [0.25, 0.3) is 0 Å². The molecular formula is C16H15Cl2N5O. The molecular weight excluding hydrogens is 349 g/mol. The zero-order chi connectivity index (χ0) is 17.1. The molecule has 0 saturated carbocycles. The SMILES string of the molecule is Cc1c(Cl)cnn1CC(=O)Nc1ccn(Cc2ccccc2Cl)n1. The van der Waals surface area contributed by atoms with E-state index in [-0.39, 0.29) is 12.5 Å². The Morgan fingerprint density at radius 1 is 1.21 bits per heavy atom. The minimum atomic E-state index is -0.221. The smallest absolute Gasteiger partial charge is 0.247 e. The van der Waals surface area contributed by atoms with Crippen molar-refractivity contribution in [3.8, 4) is 0 Å². The topological polar surface area (TPSA) is 64.7 Å². The van der Waals surface area contributed by atoms with Gasteiger partial charge in [0.25, 0.3) is 0 Å². The summed E-state index contributed by atoms with van der Waals surface area (Å²) in [7, 11) is 0. The highest BCUT2D eigenvalue weighted by atomic mass is 35.5. The summed E-state index contributed by atoms with van der Waals surface area (Å²) in [6.07, 6.45) is 3.30. The Morgan fingerprint density at radius 2 is 2.00 bits per heavy atom. The first-order chi connectivity index (χ1) is 11.5. The quantitative estimate of drug-likeness (QED) is 0.755. The summed E-state index contributed by atoms with van der Waals surface area (Å²) in [5, 5.41) is 12.3. The van der Waals surface area contributed by atoms with Crippen LogP contribution >= 0.6 is 23.2 Å². The monoisotopic (exact) mass is 363 g/mol. The minimum absolute atomic E-state index is 0.0793. The van der Waals surface area contributed by atoms with E-state index >= 15 is 0 Å². The molecule has 0 fully saturated rings. The maximum atomic E-state index is 12.1. The Balaban J connectivity index is 1.62. The molecule has 2 heterocycles. The zero-order valence-corrected chi connectivity index (χ0v) is 14.4. The second-order valence-electron chi connectivity index (χ2n) is 5.27. The first-order valence-corrected chi connectivity index (χ1v) is 8.03. The number of nitrogens with zero attached hydrogens (tertiary/aromatic N) is 4. The first-order valence-electron chi connectivity index (χ1n) is 7.27. The lowest BCUT2D eigenvalue weighted by Crippen LogP contribution is -2.20. The van der Waals surface area contributed by atoms with Gasteiger partial charge in [0.15, 0.2) is 5.82 Å². The lowest BCUT2D eigenvalue weighted by molar-refractivity contribution is -0.117. The molecule has 0 spiro atoms. The Bertz CT molecular complexity index is 871. The number of rotatable bonds is 5. The number of aromatic nitrogens is 4. The fourth-order valence-corrected chi connectivity index (χ4v) is 2.56. The van der Waals surface area contributed by atoms with Crippen molar-refractivity contribution in [1.29, 1.82) is 0 Å². The van der Waals surface area contributed by atoms with Gasteiger partial charge in [-0.15, -0.1) is 0 Å². The maximum absolute atomic E-state index is 12.1. The molecule has 0 aliphatic rings. The number of benzene rings is 1. The van der Waals surface area contributed by atoms with Crippen molar-refractivity contribution in [3.63, 3.8) is 0 Å². The Kier molecular flexibility index (Phi) is 4.87. The van der Waals surface area contributed by atoms with E-state index in [0.717, 1.165) is 11.3 Å². The van der Waals surface area contributed by atoms with Gasteiger partial charge in [0.05, 0.1) is 23.5 Å². The summed E-state index contributed by atoms with van der Waals surface area (Å²) in [4.78, 5) is 12.1. The number of hydrogen-bond donors (Lipinski definition) is 1. The van der Waals surface area contributed by atoms with Crippen molar-refractivity contribution in [2.24, 2.45) is 0 Å². The molecule has 1 aromatic carbocycles. The summed E-state index contributed by atoms with van der Waals surface area (Å²) >= 11 is 12.1. The molecule has 0 aliphatic carbocycles. The van der Waals surface area contributed by atoms with Crippen molar-refractivity contribution in [3.05, 3.63) is 64.0 Å². The number of hydrogen-bond acceptors (Lipinski definition) is 3. The van der Waals surface area contributed by atoms with Gasteiger partial charge in [-0.1, -0.05) is 41.4 Å². The van der Waals surface area contributed by atoms with Crippen LogP contribution in [0.4, 0.5) is 5.82 Å². The van der Waals surface area contributed by atoms with E-state index in [2.05, 4.69) is 15.5 Å². The fraction of sp³-hybridized carbons (Fsp3) is 0.188. The number of carbonyl (C=O) groups is 1. The zero-order valence-electron chi connectivity index (χ0n) is 12.9. The van der Waals surface area contributed by atoms with Crippen molar-refractivity contribution in [1.82, 2.24) is 19.6 Å². The van der Waals surface area contributed by atoms with Crippen LogP contribution < -0.4 is 5.32 Å². The molecule has 0 saturated heterocycles. The summed E-state index contributed by atoms with van der Waals surface area (Å²) in [5.74, 6) is 0.254. The Labute approximate surface area is 149 Å². The van der Waals surface area contributed by atoms with E-state index in [1.54, 1.807) is 28.6 Å². The van der Waals surface area contributed by atoms with E-state index in [0.29, 0.717) is 22.4 Å². The summed E-state index contributed by atoms with van der Waals surface area (Å²) < 4.78 is 3.26. The average Bonchev–Trinajstić information content (AvgIpc) is 3.11. The fourth-order valence-electron chi connectivity index (χ4n) is 2.22. The van der Waals surface area contributed by atoms with Crippen molar-refractivity contribution >= 4 is 34.9 Å². The standard InChI is InChI=1S/C16H15Cl2N5O/c1-11-14(18)8-19-23(11)10-16(24)20-15-6-7-22(21-15)9-12-4-2-3-5-13(12)17/h2-8H,9-10H2,1H3,(H,20,21,24). The molecule has 0 aliphatic heterocycles. The van der Waals surface area contributed by atoms with Gasteiger partial charge in [-0.2, -0.15) is 10.2 Å². The predicted molar refractivity (Wildman–Crippen MR) is 93.4 cm³/mol. The van der Waals surface area contributed by atoms with Gasteiger partial charge in [-0.05, 0) is 18.6 Å². The van der Waals surface area contributed by atoms with Gasteiger partial charge in [0.1, 0.15) is 6.54 Å². The molecule has 1 N–H and O–H groups in total. The number of anilines is 1. The Morgan fingerprint density at radius 3 is 2.71 bits per heavy atom. The predicted octanol–water partition coefficient (Wildman–Crippen LogP) is 3.38. The van der Waals surface area contributed by atoms with Crippen molar-refractivity contribution in [2.75, 3.05) is 5.32 Å². The molecule has 6 nitrogen and oxygen atoms in total. The molecule has 0 atom stereocenters. The molecule has 0 radical (unpaired) electrons. The molecule has 3 rings (SSSR count). The lowest BCUT2D eigenvalue weighted by Gasteiger charge is -2.05. The molecule has 24 heavy (non-hydrogen) atoms. The number of halogens is 2. The van der Waals surface area contributed by atoms with Gasteiger partial charge in [0.2, 0.25) is 5.91 Å². The summed E-state index contributed by atoms with van der Waals surface area (Å²) in [6, 6.07) is 9.31. The van der Waals surface area contributed by atoms with Crippen LogP contribution in [0.3, 0.4) is 0 Å². The van der Waals surface area contributed by atoms with Crippen LogP contribution in [-0.2, 0) is 17.9 Å². The van der Waals surface area contributed by atoms with Gasteiger partial charge in [-0.25, -0.2) is 0 Å². The van der Waals surface area contributed by atoms with E-state index in [1.165, 1.54) is 6.20 Å². The molecule has 0 unspecified atom stereocenters. The summed E-state index contributed by atoms with van der Waals surface area (Å²) in [5.41, 5.74) is 1.71. The lowest BCUT2D eigenvalue weighted by atomic mass is 10.2. The number of carbonyl (C=O) groups excluding carboxylic acids is 1. The molecule has 1 amide bonds. The van der Waals surface area contributed by atoms with E-state index < -0.39 is 0 Å². The van der Waals surface area contributed by atoms with Crippen LogP contribution in [0.15, 0.2) is 42.7 Å². The molecule has 2 aromatic heterocycles. The van der Waals surface area contributed by atoms with Crippen LogP contribution in [0.1, 0.15) is 11.3 Å². The number of amides is 1. The normalized spacial score (nSPS) is 10.8. The highest BCUT2D eigenvalue weighted by Gasteiger charge is 2.10. The van der Waals surface area contributed by atoms with E-state index in [4.69, 9.17) is 23.2 Å². The molecule has 8 heteroatoms. The van der Waals surface area contributed by atoms with E-state index in [1.807, 2.05) is 24.3 Å². The third-order valence-corrected chi connectivity index (χ3v) is 4.27. The third kappa shape index (κ3) is 3.77. The van der Waals surface area contributed by atoms with Crippen LogP contribution in [0, 0.1) is 6.92 Å². The molecule has 3 aromatic rings. The van der Waals surface area contributed by atoms with Gasteiger partial charge < -0.3 is 5.32 Å². The molecule has 0 bridgehead atoms. The first kappa shape index (κ1) is 16.5. The van der Waals surface area contributed by atoms with Crippen LogP contribution in [-0.4, -0.2) is 25.5 Å². The van der Waals surface area contributed by atoms with Crippen molar-refractivity contribution in [2.45, 2.75) is 20.0 Å². The molecule has 124 valence electrons. The summed E-state index contributed by atoms with van der Waals surface area (Å²) in [6.45, 7) is 2.42. The maximum Gasteiger partial charge on any atom is 0.247 e. The third-order valence-electron chi connectivity index (χ3n) is 3.53. The van der Waals surface area contributed by atoms with Crippen LogP contribution in [0.5, 0.6) is 0 Å². The van der Waals surface area contributed by atoms with E-state index in [9.17, 15) is 4.79 Å². The van der Waals surface area contributed by atoms with Gasteiger partial charge in [0, 0.05) is 17.3 Å². The minimum Gasteiger partial charge on any atom is -0.308 e. The second-order valence-corrected chi connectivity index (χ2v) is 6.09. The second kappa shape index (κ2) is 7.07. The van der Waals surface area contributed by atoms with Gasteiger partial charge in [-0.3, -0.25) is 14.2 Å². The highest BCUT2D eigenvalue weighted by molar-refractivity contribution is 6.31. The Hall–Kier alpha value is -2.31. The van der Waals surface area contributed by atoms with Crippen molar-refractivity contribution < 1.29 is 4.79 Å².